The molecule has 0 aliphatic carbocycles. The molecule has 21 heavy (non-hydrogen) atoms. The molecule has 1 aromatic rings. The van der Waals surface area contributed by atoms with Crippen molar-refractivity contribution in [2.45, 2.75) is 53.0 Å². The molecular weight excluding hydrogens is 280 g/mol. The largest absolute Gasteiger partial charge is 0.350 e. The van der Waals surface area contributed by atoms with Crippen LogP contribution in [0, 0.1) is 12.8 Å². The van der Waals surface area contributed by atoms with Crippen LogP contribution in [0.2, 0.25) is 0 Å². The third-order valence-corrected chi connectivity index (χ3v) is 4.98. The average Bonchev–Trinajstić information content (AvgIpc) is 2.81. The Balaban J connectivity index is 1.96. The predicted molar refractivity (Wildman–Crippen MR) is 91.1 cm³/mol. The molecule has 1 N–H and O–H groups in total. The molecule has 0 aromatic carbocycles. The van der Waals surface area contributed by atoms with Crippen LogP contribution in [-0.2, 0) is 6.54 Å². The Morgan fingerprint density at radius 1 is 1.52 bits per heavy atom. The van der Waals surface area contributed by atoms with Gasteiger partial charge < -0.3 is 10.2 Å². The SMILES string of the molecule is CN=C(NCc1nc(C(C)C)c(C)s1)N1CCCC(C)C1. The maximum absolute atomic E-state index is 4.76. The Bertz CT molecular complexity index is 492. The van der Waals surface area contributed by atoms with Gasteiger partial charge in [0.2, 0.25) is 0 Å². The van der Waals surface area contributed by atoms with Gasteiger partial charge in [-0.05, 0) is 31.6 Å². The van der Waals surface area contributed by atoms with E-state index >= 15 is 0 Å². The zero-order valence-electron chi connectivity index (χ0n) is 13.9. The summed E-state index contributed by atoms with van der Waals surface area (Å²) >= 11 is 1.80. The number of aliphatic imine (C=N–C) groups is 1. The van der Waals surface area contributed by atoms with Crippen molar-refractivity contribution in [1.29, 1.82) is 0 Å². The van der Waals surface area contributed by atoms with Crippen molar-refractivity contribution in [2.75, 3.05) is 20.1 Å². The van der Waals surface area contributed by atoms with E-state index in [0.717, 1.165) is 36.5 Å². The molecule has 0 radical (unpaired) electrons. The number of aryl methyl sites for hydroxylation is 1. The van der Waals surface area contributed by atoms with Gasteiger partial charge in [0.15, 0.2) is 5.96 Å². The van der Waals surface area contributed by atoms with Crippen LogP contribution in [0.1, 0.15) is 55.1 Å². The molecule has 118 valence electrons. The van der Waals surface area contributed by atoms with Crippen LogP contribution in [0.4, 0.5) is 0 Å². The van der Waals surface area contributed by atoms with Crippen LogP contribution in [-0.4, -0.2) is 36.0 Å². The highest BCUT2D eigenvalue weighted by molar-refractivity contribution is 7.11. The van der Waals surface area contributed by atoms with Crippen molar-refractivity contribution in [3.05, 3.63) is 15.6 Å². The summed E-state index contributed by atoms with van der Waals surface area (Å²) in [6.07, 6.45) is 2.59. The lowest BCUT2D eigenvalue weighted by Gasteiger charge is -2.33. The number of hydrogen-bond acceptors (Lipinski definition) is 3. The molecule has 1 aliphatic heterocycles. The monoisotopic (exact) mass is 308 g/mol. The van der Waals surface area contributed by atoms with E-state index in [0.29, 0.717) is 5.92 Å². The highest BCUT2D eigenvalue weighted by atomic mass is 32.1. The van der Waals surface area contributed by atoms with Gasteiger partial charge in [-0.15, -0.1) is 11.3 Å². The fraction of sp³-hybridized carbons (Fsp3) is 0.750. The maximum atomic E-state index is 4.76. The molecule has 4 nitrogen and oxygen atoms in total. The first kappa shape index (κ1) is 16.3. The van der Waals surface area contributed by atoms with E-state index in [2.05, 4.69) is 42.9 Å². The van der Waals surface area contributed by atoms with Gasteiger partial charge in [-0.3, -0.25) is 4.99 Å². The lowest BCUT2D eigenvalue weighted by Crippen LogP contribution is -2.45. The number of guanidine groups is 1. The molecule has 1 aliphatic rings. The Morgan fingerprint density at radius 2 is 2.29 bits per heavy atom. The van der Waals surface area contributed by atoms with E-state index in [1.54, 1.807) is 11.3 Å². The number of hydrogen-bond donors (Lipinski definition) is 1. The van der Waals surface area contributed by atoms with E-state index in [1.165, 1.54) is 23.4 Å². The third-order valence-electron chi connectivity index (χ3n) is 3.99. The number of nitrogens with zero attached hydrogens (tertiary/aromatic N) is 3. The van der Waals surface area contributed by atoms with Gasteiger partial charge in [-0.2, -0.15) is 0 Å². The Labute approximate surface area is 132 Å². The summed E-state index contributed by atoms with van der Waals surface area (Å²) in [7, 11) is 1.87. The number of aromatic nitrogens is 1. The predicted octanol–water partition coefficient (Wildman–Crippen LogP) is 3.38. The lowest BCUT2D eigenvalue weighted by atomic mass is 10.0. The van der Waals surface area contributed by atoms with Gasteiger partial charge in [0.05, 0.1) is 12.2 Å². The molecule has 0 saturated carbocycles. The third kappa shape index (κ3) is 4.19. The summed E-state index contributed by atoms with van der Waals surface area (Å²) in [6.45, 7) is 11.9. The van der Waals surface area contributed by atoms with Crippen molar-refractivity contribution in [3.8, 4) is 0 Å². The Morgan fingerprint density at radius 3 is 2.86 bits per heavy atom. The fourth-order valence-corrected chi connectivity index (χ4v) is 3.97. The molecule has 1 fully saturated rings. The van der Waals surface area contributed by atoms with Crippen LogP contribution in [0.25, 0.3) is 0 Å². The normalized spacial score (nSPS) is 20.2. The highest BCUT2D eigenvalue weighted by Crippen LogP contribution is 2.24. The van der Waals surface area contributed by atoms with Gasteiger partial charge in [0.25, 0.3) is 0 Å². The van der Waals surface area contributed by atoms with Crippen molar-refractivity contribution < 1.29 is 0 Å². The van der Waals surface area contributed by atoms with E-state index < -0.39 is 0 Å². The molecule has 2 rings (SSSR count). The summed E-state index contributed by atoms with van der Waals surface area (Å²) in [4.78, 5) is 12.9. The Kier molecular flexibility index (Phi) is 5.62. The zero-order valence-corrected chi connectivity index (χ0v) is 14.8. The maximum Gasteiger partial charge on any atom is 0.194 e. The van der Waals surface area contributed by atoms with Gasteiger partial charge in [-0.25, -0.2) is 4.98 Å². The molecule has 0 spiro atoms. The molecule has 1 unspecified atom stereocenters. The summed E-state index contributed by atoms with van der Waals surface area (Å²) in [6, 6.07) is 0. The summed E-state index contributed by atoms with van der Waals surface area (Å²) < 4.78 is 0. The quantitative estimate of drug-likeness (QED) is 0.687. The second-order valence-electron chi connectivity index (χ2n) is 6.30. The number of likely N-dealkylation sites (tertiary alicyclic amines) is 1. The van der Waals surface area contributed by atoms with Crippen molar-refractivity contribution in [3.63, 3.8) is 0 Å². The van der Waals surface area contributed by atoms with Crippen molar-refractivity contribution in [2.24, 2.45) is 10.9 Å². The van der Waals surface area contributed by atoms with E-state index in [1.807, 2.05) is 7.05 Å². The van der Waals surface area contributed by atoms with E-state index in [9.17, 15) is 0 Å². The summed E-state index contributed by atoms with van der Waals surface area (Å²) in [5, 5.41) is 4.63. The second-order valence-corrected chi connectivity index (χ2v) is 7.59. The van der Waals surface area contributed by atoms with E-state index in [-0.39, 0.29) is 0 Å². The average molecular weight is 308 g/mol. The molecular formula is C16H28N4S. The van der Waals surface area contributed by atoms with Crippen LogP contribution >= 0.6 is 11.3 Å². The molecule has 1 saturated heterocycles. The first-order valence-electron chi connectivity index (χ1n) is 7.93. The standard InChI is InChI=1S/C16H28N4S/c1-11(2)15-13(4)21-14(19-15)9-18-16(17-5)20-8-6-7-12(3)10-20/h11-12H,6-10H2,1-5H3,(H,17,18). The molecule has 0 bridgehead atoms. The highest BCUT2D eigenvalue weighted by Gasteiger charge is 2.19. The van der Waals surface area contributed by atoms with Crippen LogP contribution in [0.15, 0.2) is 4.99 Å². The minimum Gasteiger partial charge on any atom is -0.350 e. The first-order valence-corrected chi connectivity index (χ1v) is 8.74. The minimum atomic E-state index is 0.497. The number of rotatable bonds is 3. The summed E-state index contributed by atoms with van der Waals surface area (Å²) in [5.41, 5.74) is 1.23. The van der Waals surface area contributed by atoms with Crippen LogP contribution in [0.5, 0.6) is 0 Å². The van der Waals surface area contributed by atoms with Crippen LogP contribution in [0.3, 0.4) is 0 Å². The van der Waals surface area contributed by atoms with Gasteiger partial charge in [0, 0.05) is 25.0 Å². The van der Waals surface area contributed by atoms with Gasteiger partial charge >= 0.3 is 0 Å². The topological polar surface area (TPSA) is 40.5 Å². The molecule has 2 heterocycles. The molecule has 1 atom stereocenters. The lowest BCUT2D eigenvalue weighted by molar-refractivity contribution is 0.266. The van der Waals surface area contributed by atoms with Crippen LogP contribution < -0.4 is 5.32 Å². The summed E-state index contributed by atoms with van der Waals surface area (Å²) in [5.74, 6) is 2.27. The molecule has 5 heteroatoms. The smallest absolute Gasteiger partial charge is 0.194 e. The zero-order chi connectivity index (χ0) is 15.4. The van der Waals surface area contributed by atoms with Crippen molar-refractivity contribution >= 4 is 17.3 Å². The first-order chi connectivity index (χ1) is 10.0. The van der Waals surface area contributed by atoms with Gasteiger partial charge in [0.1, 0.15) is 5.01 Å². The number of nitrogens with one attached hydrogen (secondary N) is 1. The number of piperidine rings is 1. The van der Waals surface area contributed by atoms with E-state index in [4.69, 9.17) is 4.98 Å². The molecule has 1 aromatic heterocycles. The van der Waals surface area contributed by atoms with Gasteiger partial charge in [-0.1, -0.05) is 20.8 Å². The molecule has 0 amide bonds. The second kappa shape index (κ2) is 7.25. The Hall–Kier alpha value is -1.10. The number of thiazole rings is 1. The fourth-order valence-electron chi connectivity index (χ4n) is 2.94. The van der Waals surface area contributed by atoms with Crippen molar-refractivity contribution in [1.82, 2.24) is 15.2 Å². The minimum absolute atomic E-state index is 0.497.